The molecule has 5 nitrogen and oxygen atoms in total. The normalized spacial score (nSPS) is 13.5. The zero-order valence-electron chi connectivity index (χ0n) is 11.4. The number of nitrogens with zero attached hydrogens (tertiary/aromatic N) is 3. The van der Waals surface area contributed by atoms with E-state index < -0.39 is 0 Å². The number of anilines is 1. The molecule has 5 heteroatoms. The summed E-state index contributed by atoms with van der Waals surface area (Å²) in [5, 5.41) is 7.45. The third kappa shape index (κ3) is 2.16. The molecule has 0 atom stereocenters. The fourth-order valence-corrected chi connectivity index (χ4v) is 2.64. The van der Waals surface area contributed by atoms with Crippen molar-refractivity contribution in [1.29, 1.82) is 0 Å². The number of rotatable bonds is 2. The van der Waals surface area contributed by atoms with Gasteiger partial charge in [-0.1, -0.05) is 17.3 Å². The number of benzene rings is 1. The Balaban J connectivity index is 1.77. The first kappa shape index (κ1) is 12.1. The molecule has 0 bridgehead atoms. The van der Waals surface area contributed by atoms with Gasteiger partial charge < -0.3 is 9.84 Å². The number of hydrogen-bond donors (Lipinski definition) is 1. The average molecular weight is 278 g/mol. The molecular weight excluding hydrogens is 264 g/mol. The van der Waals surface area contributed by atoms with E-state index in [1.54, 1.807) is 6.20 Å². The van der Waals surface area contributed by atoms with Crippen LogP contribution in [0.15, 0.2) is 47.1 Å². The smallest absolute Gasteiger partial charge is 0.258 e. The molecule has 3 aromatic rings. The third-order valence-electron chi connectivity index (χ3n) is 3.65. The van der Waals surface area contributed by atoms with Gasteiger partial charge >= 0.3 is 0 Å². The maximum Gasteiger partial charge on any atom is 0.258 e. The van der Waals surface area contributed by atoms with E-state index in [0.717, 1.165) is 36.3 Å². The fraction of sp³-hybridized carbons (Fsp3) is 0.188. The van der Waals surface area contributed by atoms with Crippen molar-refractivity contribution < 1.29 is 4.52 Å². The second-order valence-electron chi connectivity index (χ2n) is 5.00. The van der Waals surface area contributed by atoms with Gasteiger partial charge in [-0.05, 0) is 42.7 Å². The van der Waals surface area contributed by atoms with Crippen LogP contribution in [0.2, 0.25) is 0 Å². The summed E-state index contributed by atoms with van der Waals surface area (Å²) in [6.07, 6.45) is 3.87. The summed E-state index contributed by atoms with van der Waals surface area (Å²) in [7, 11) is 0. The SMILES string of the molecule is c1ccc(-c2noc(-c3cccc4c3CCCN4)n2)nc1. The predicted octanol–water partition coefficient (Wildman–Crippen LogP) is 3.16. The van der Waals surface area contributed by atoms with Crippen LogP contribution in [-0.2, 0) is 6.42 Å². The molecule has 1 aliphatic heterocycles. The van der Waals surface area contributed by atoms with E-state index in [9.17, 15) is 0 Å². The van der Waals surface area contributed by atoms with E-state index in [1.807, 2.05) is 30.3 Å². The van der Waals surface area contributed by atoms with E-state index >= 15 is 0 Å². The Morgan fingerprint density at radius 2 is 2.10 bits per heavy atom. The summed E-state index contributed by atoms with van der Waals surface area (Å²) in [5.41, 5.74) is 4.14. The molecule has 0 aliphatic carbocycles. The average Bonchev–Trinajstić information content (AvgIpc) is 3.05. The molecule has 4 rings (SSSR count). The van der Waals surface area contributed by atoms with Crippen LogP contribution in [-0.4, -0.2) is 21.7 Å². The lowest BCUT2D eigenvalue weighted by atomic mass is 9.97. The summed E-state index contributed by atoms with van der Waals surface area (Å²) < 4.78 is 5.44. The lowest BCUT2D eigenvalue weighted by Gasteiger charge is -2.19. The Hall–Kier alpha value is -2.69. The Labute approximate surface area is 122 Å². The van der Waals surface area contributed by atoms with Crippen LogP contribution in [0.5, 0.6) is 0 Å². The van der Waals surface area contributed by atoms with E-state index in [1.165, 1.54) is 5.56 Å². The molecule has 0 fully saturated rings. The highest BCUT2D eigenvalue weighted by Gasteiger charge is 2.18. The Kier molecular flexibility index (Phi) is 2.88. The van der Waals surface area contributed by atoms with Gasteiger partial charge in [0, 0.05) is 24.0 Å². The molecular formula is C16H14N4O. The van der Waals surface area contributed by atoms with Gasteiger partial charge in [0.1, 0.15) is 5.69 Å². The van der Waals surface area contributed by atoms with Crippen LogP contribution >= 0.6 is 0 Å². The van der Waals surface area contributed by atoms with Gasteiger partial charge in [-0.3, -0.25) is 4.98 Å². The van der Waals surface area contributed by atoms with E-state index in [2.05, 4.69) is 26.5 Å². The summed E-state index contributed by atoms with van der Waals surface area (Å²) in [6, 6.07) is 11.8. The highest BCUT2D eigenvalue weighted by atomic mass is 16.5. The van der Waals surface area contributed by atoms with Crippen molar-refractivity contribution in [3.05, 3.63) is 48.2 Å². The molecule has 21 heavy (non-hydrogen) atoms. The van der Waals surface area contributed by atoms with Crippen molar-refractivity contribution in [1.82, 2.24) is 15.1 Å². The maximum absolute atomic E-state index is 5.44. The molecule has 1 N–H and O–H groups in total. The van der Waals surface area contributed by atoms with Gasteiger partial charge in [-0.25, -0.2) is 0 Å². The molecule has 0 radical (unpaired) electrons. The molecule has 0 spiro atoms. The summed E-state index contributed by atoms with van der Waals surface area (Å²) in [4.78, 5) is 8.74. The van der Waals surface area contributed by atoms with Gasteiger partial charge in [-0.2, -0.15) is 4.98 Å². The second-order valence-corrected chi connectivity index (χ2v) is 5.00. The van der Waals surface area contributed by atoms with Gasteiger partial charge in [0.2, 0.25) is 5.82 Å². The van der Waals surface area contributed by atoms with E-state index in [4.69, 9.17) is 4.52 Å². The quantitative estimate of drug-likeness (QED) is 0.780. The van der Waals surface area contributed by atoms with Crippen LogP contribution < -0.4 is 5.32 Å². The minimum atomic E-state index is 0.520. The number of aromatic nitrogens is 3. The Morgan fingerprint density at radius 1 is 1.10 bits per heavy atom. The molecule has 1 aromatic carbocycles. The largest absolute Gasteiger partial charge is 0.385 e. The van der Waals surface area contributed by atoms with Gasteiger partial charge in [0.15, 0.2) is 0 Å². The van der Waals surface area contributed by atoms with Crippen molar-refractivity contribution in [2.24, 2.45) is 0 Å². The van der Waals surface area contributed by atoms with Crippen molar-refractivity contribution in [3.63, 3.8) is 0 Å². The monoisotopic (exact) mass is 278 g/mol. The summed E-state index contributed by atoms with van der Waals surface area (Å²) >= 11 is 0. The van der Waals surface area contributed by atoms with Crippen molar-refractivity contribution in [2.75, 3.05) is 11.9 Å². The molecule has 3 heterocycles. The first-order valence-corrected chi connectivity index (χ1v) is 7.03. The van der Waals surface area contributed by atoms with Crippen LogP contribution in [0.3, 0.4) is 0 Å². The fourth-order valence-electron chi connectivity index (χ4n) is 2.64. The topological polar surface area (TPSA) is 63.8 Å². The second kappa shape index (κ2) is 5.01. The molecule has 2 aromatic heterocycles. The lowest BCUT2D eigenvalue weighted by molar-refractivity contribution is 0.431. The van der Waals surface area contributed by atoms with Crippen molar-refractivity contribution >= 4 is 5.69 Å². The molecule has 0 saturated carbocycles. The van der Waals surface area contributed by atoms with Gasteiger partial charge in [0.05, 0.1) is 0 Å². The van der Waals surface area contributed by atoms with Crippen molar-refractivity contribution in [3.8, 4) is 23.0 Å². The van der Waals surface area contributed by atoms with Gasteiger partial charge in [-0.15, -0.1) is 0 Å². The lowest BCUT2D eigenvalue weighted by Crippen LogP contribution is -2.12. The minimum Gasteiger partial charge on any atom is -0.385 e. The minimum absolute atomic E-state index is 0.520. The Bertz CT molecular complexity index is 767. The molecule has 0 amide bonds. The standard InChI is InChI=1S/C16H14N4O/c1-2-9-18-14(7-1)15-19-16(21-20-15)12-5-3-8-13-11(12)6-4-10-17-13/h1-3,5,7-9,17H,4,6,10H2. The highest BCUT2D eigenvalue weighted by Crippen LogP contribution is 2.32. The number of nitrogens with one attached hydrogen (secondary N) is 1. The molecule has 1 aliphatic rings. The maximum atomic E-state index is 5.44. The predicted molar refractivity (Wildman–Crippen MR) is 79.8 cm³/mol. The summed E-state index contributed by atoms with van der Waals surface area (Å²) in [6.45, 7) is 1.01. The highest BCUT2D eigenvalue weighted by molar-refractivity contribution is 5.70. The van der Waals surface area contributed by atoms with E-state index in [0.29, 0.717) is 11.7 Å². The van der Waals surface area contributed by atoms with Crippen LogP contribution in [0, 0.1) is 0 Å². The number of hydrogen-bond acceptors (Lipinski definition) is 5. The first-order valence-electron chi connectivity index (χ1n) is 7.03. The zero-order chi connectivity index (χ0) is 14.1. The first-order chi connectivity index (χ1) is 10.4. The summed E-state index contributed by atoms with van der Waals surface area (Å²) in [5.74, 6) is 1.07. The molecule has 0 unspecified atom stereocenters. The number of fused-ring (bicyclic) bond motifs is 1. The zero-order valence-corrected chi connectivity index (χ0v) is 11.4. The van der Waals surface area contributed by atoms with E-state index in [-0.39, 0.29) is 0 Å². The van der Waals surface area contributed by atoms with Gasteiger partial charge in [0.25, 0.3) is 5.89 Å². The Morgan fingerprint density at radius 3 is 3.00 bits per heavy atom. The van der Waals surface area contributed by atoms with Crippen LogP contribution in [0.1, 0.15) is 12.0 Å². The molecule has 0 saturated heterocycles. The third-order valence-corrected chi connectivity index (χ3v) is 3.65. The van der Waals surface area contributed by atoms with Crippen LogP contribution in [0.25, 0.3) is 23.0 Å². The molecule has 104 valence electrons. The van der Waals surface area contributed by atoms with Crippen LogP contribution in [0.4, 0.5) is 5.69 Å². The van der Waals surface area contributed by atoms with Crippen molar-refractivity contribution in [2.45, 2.75) is 12.8 Å². The number of pyridine rings is 1.